The lowest BCUT2D eigenvalue weighted by molar-refractivity contribution is -0.129. The molecule has 6 nitrogen and oxygen atoms in total. The maximum Gasteiger partial charge on any atom is 0.274 e. The molecule has 8 heteroatoms. The summed E-state index contributed by atoms with van der Waals surface area (Å²) in [5.41, 5.74) is 3.85. The van der Waals surface area contributed by atoms with Crippen LogP contribution < -0.4 is 10.2 Å². The number of rotatable bonds is 5. The predicted octanol–water partition coefficient (Wildman–Crippen LogP) is 3.95. The third-order valence-electron chi connectivity index (χ3n) is 6.17. The number of para-hydroxylation sites is 1. The van der Waals surface area contributed by atoms with E-state index in [9.17, 15) is 4.79 Å². The summed E-state index contributed by atoms with van der Waals surface area (Å²) in [7, 11) is 0. The quantitative estimate of drug-likeness (QED) is 0.721. The maximum atomic E-state index is 13.2. The van der Waals surface area contributed by atoms with E-state index in [0.29, 0.717) is 5.02 Å². The fourth-order valence-corrected chi connectivity index (χ4v) is 5.52. The molecule has 2 aromatic carbocycles. The minimum absolute atomic E-state index is 0.00522. The summed E-state index contributed by atoms with van der Waals surface area (Å²) >= 11 is 7.56. The smallest absolute Gasteiger partial charge is 0.274 e. The minimum Gasteiger partial charge on any atom is -0.369 e. The molecular formula is C24H26ClN5OS. The molecule has 3 aliphatic rings. The first kappa shape index (κ1) is 21.4. The van der Waals surface area contributed by atoms with E-state index in [2.05, 4.69) is 50.5 Å². The number of hydrogen-bond donors (Lipinski definition) is 1. The number of anilines is 1. The van der Waals surface area contributed by atoms with Crippen molar-refractivity contribution in [2.45, 2.75) is 18.8 Å². The van der Waals surface area contributed by atoms with E-state index < -0.39 is 0 Å². The first-order chi connectivity index (χ1) is 15.6. The number of hydrogen-bond acceptors (Lipinski definition) is 6. The number of halogens is 1. The molecule has 0 aliphatic carbocycles. The third-order valence-corrected chi connectivity index (χ3v) is 7.50. The molecule has 1 N–H and O–H groups in total. The Balaban J connectivity index is 1.19. The van der Waals surface area contributed by atoms with Crippen molar-refractivity contribution >= 4 is 40.0 Å². The summed E-state index contributed by atoms with van der Waals surface area (Å²) in [5.74, 6) is 0.00522. The number of amides is 1. The zero-order chi connectivity index (χ0) is 22.1. The van der Waals surface area contributed by atoms with Crippen LogP contribution in [-0.2, 0) is 4.79 Å². The fourth-order valence-electron chi connectivity index (χ4n) is 4.29. The number of carbonyl (C=O) groups is 1. The van der Waals surface area contributed by atoms with Crippen molar-refractivity contribution in [2.75, 3.05) is 37.6 Å². The number of nitrogens with zero attached hydrogens (tertiary/aromatic N) is 4. The highest BCUT2D eigenvalue weighted by Gasteiger charge is 2.38. The largest absolute Gasteiger partial charge is 0.369 e. The van der Waals surface area contributed by atoms with Crippen LogP contribution >= 0.6 is 23.4 Å². The molecule has 5 rings (SSSR count). The summed E-state index contributed by atoms with van der Waals surface area (Å²) in [4.78, 5) is 18.1. The van der Waals surface area contributed by atoms with Gasteiger partial charge in [-0.15, -0.1) is 0 Å². The van der Waals surface area contributed by atoms with E-state index in [-0.39, 0.29) is 11.4 Å². The second kappa shape index (κ2) is 9.17. The Hall–Kier alpha value is -2.48. The molecule has 0 aromatic heterocycles. The van der Waals surface area contributed by atoms with E-state index in [4.69, 9.17) is 11.6 Å². The standard InChI is InChI=1S/C24H26ClN5OS/c1-17-21(11-12-28-13-15-29(16-14-28)20-5-3-2-4-6-20)23(31)30-24(26-17)32-22(27-30)18-7-9-19(25)10-8-18/h2-10,24,26H,11-16H2,1H3. The van der Waals surface area contributed by atoms with Gasteiger partial charge in [-0.25, -0.2) is 0 Å². The van der Waals surface area contributed by atoms with Gasteiger partial charge in [-0.3, -0.25) is 9.69 Å². The van der Waals surface area contributed by atoms with Crippen LogP contribution in [0.4, 0.5) is 5.69 Å². The van der Waals surface area contributed by atoms with Crippen molar-refractivity contribution < 1.29 is 4.79 Å². The highest BCUT2D eigenvalue weighted by atomic mass is 35.5. The number of fused-ring (bicyclic) bond motifs is 1. The number of hydrazone groups is 1. The van der Waals surface area contributed by atoms with Crippen LogP contribution in [0.3, 0.4) is 0 Å². The first-order valence-electron chi connectivity index (χ1n) is 10.9. The number of thioether (sulfide) groups is 1. The van der Waals surface area contributed by atoms with Crippen LogP contribution in [0.1, 0.15) is 18.9 Å². The van der Waals surface area contributed by atoms with Crippen LogP contribution in [0.5, 0.6) is 0 Å². The van der Waals surface area contributed by atoms with E-state index >= 15 is 0 Å². The molecular weight excluding hydrogens is 442 g/mol. The number of carbonyl (C=O) groups excluding carboxylic acids is 1. The zero-order valence-corrected chi connectivity index (χ0v) is 19.6. The summed E-state index contributed by atoms with van der Waals surface area (Å²) < 4.78 is 0. The molecule has 166 valence electrons. The van der Waals surface area contributed by atoms with Gasteiger partial charge in [0.25, 0.3) is 5.91 Å². The SMILES string of the molecule is CC1=C(CCN2CCN(c3ccccc3)CC2)C(=O)N2N=C(c3ccc(Cl)cc3)SC2N1. The molecule has 32 heavy (non-hydrogen) atoms. The normalized spacial score (nSPS) is 21.5. The van der Waals surface area contributed by atoms with Gasteiger partial charge in [-0.1, -0.05) is 53.7 Å². The Morgan fingerprint density at radius 1 is 1.06 bits per heavy atom. The number of piperazine rings is 1. The van der Waals surface area contributed by atoms with Gasteiger partial charge in [0, 0.05) is 60.3 Å². The predicted molar refractivity (Wildman–Crippen MR) is 132 cm³/mol. The van der Waals surface area contributed by atoms with E-state index in [1.165, 1.54) is 5.69 Å². The number of nitrogens with one attached hydrogen (secondary N) is 1. The molecule has 1 amide bonds. The molecule has 0 spiro atoms. The van der Waals surface area contributed by atoms with Crippen LogP contribution in [0.15, 0.2) is 71.0 Å². The molecule has 2 aromatic rings. The van der Waals surface area contributed by atoms with Crippen molar-refractivity contribution in [2.24, 2.45) is 5.10 Å². The summed E-state index contributed by atoms with van der Waals surface area (Å²) in [6, 6.07) is 18.1. The summed E-state index contributed by atoms with van der Waals surface area (Å²) in [5, 5.41) is 11.2. The van der Waals surface area contributed by atoms with Gasteiger partial charge in [-0.05, 0) is 37.6 Å². The maximum absolute atomic E-state index is 13.2. The van der Waals surface area contributed by atoms with Crippen molar-refractivity contribution in [1.82, 2.24) is 15.2 Å². The molecule has 0 radical (unpaired) electrons. The molecule has 0 bridgehead atoms. The third kappa shape index (κ3) is 4.37. The Labute approximate surface area is 197 Å². The van der Waals surface area contributed by atoms with Gasteiger partial charge in [0.2, 0.25) is 0 Å². The zero-order valence-electron chi connectivity index (χ0n) is 18.0. The van der Waals surface area contributed by atoms with Gasteiger partial charge in [0.1, 0.15) is 5.04 Å². The Bertz CT molecular complexity index is 1050. The van der Waals surface area contributed by atoms with Crippen molar-refractivity contribution in [3.63, 3.8) is 0 Å². The molecule has 1 saturated heterocycles. The van der Waals surface area contributed by atoms with Gasteiger partial charge in [-0.2, -0.15) is 10.1 Å². The average Bonchev–Trinajstić information content (AvgIpc) is 3.24. The van der Waals surface area contributed by atoms with E-state index in [1.807, 2.05) is 31.2 Å². The molecule has 3 aliphatic heterocycles. The number of benzene rings is 2. The van der Waals surface area contributed by atoms with Gasteiger partial charge in [0.05, 0.1) is 0 Å². The topological polar surface area (TPSA) is 51.2 Å². The van der Waals surface area contributed by atoms with Crippen molar-refractivity contribution in [3.05, 3.63) is 76.5 Å². The van der Waals surface area contributed by atoms with Gasteiger partial charge in [0.15, 0.2) is 5.50 Å². The fraction of sp³-hybridized carbons (Fsp3) is 0.333. The second-order valence-corrected chi connectivity index (χ2v) is 9.70. The van der Waals surface area contributed by atoms with Crippen LogP contribution in [-0.4, -0.2) is 59.1 Å². The van der Waals surface area contributed by atoms with Crippen LogP contribution in [0.2, 0.25) is 5.02 Å². The molecule has 3 heterocycles. The van der Waals surface area contributed by atoms with Gasteiger partial charge >= 0.3 is 0 Å². The summed E-state index contributed by atoms with van der Waals surface area (Å²) in [6.45, 7) is 6.90. The minimum atomic E-state index is -0.189. The monoisotopic (exact) mass is 467 g/mol. The van der Waals surface area contributed by atoms with Crippen LogP contribution in [0, 0.1) is 0 Å². The molecule has 1 atom stereocenters. The van der Waals surface area contributed by atoms with Crippen molar-refractivity contribution in [3.8, 4) is 0 Å². The molecule has 1 fully saturated rings. The van der Waals surface area contributed by atoms with E-state index in [1.54, 1.807) is 16.8 Å². The lowest BCUT2D eigenvalue weighted by atomic mass is 10.1. The highest BCUT2D eigenvalue weighted by molar-refractivity contribution is 8.15. The summed E-state index contributed by atoms with van der Waals surface area (Å²) in [6.07, 6.45) is 0.725. The first-order valence-corrected chi connectivity index (χ1v) is 12.2. The second-order valence-electron chi connectivity index (χ2n) is 8.19. The Morgan fingerprint density at radius 2 is 1.78 bits per heavy atom. The number of allylic oxidation sites excluding steroid dienone is 1. The Kier molecular flexibility index (Phi) is 6.13. The lowest BCUT2D eigenvalue weighted by Crippen LogP contribution is -2.48. The molecule has 1 unspecified atom stereocenters. The molecule has 0 saturated carbocycles. The lowest BCUT2D eigenvalue weighted by Gasteiger charge is -2.37. The Morgan fingerprint density at radius 3 is 2.50 bits per heavy atom. The average molecular weight is 468 g/mol. The van der Waals surface area contributed by atoms with E-state index in [0.717, 1.165) is 61.0 Å². The highest BCUT2D eigenvalue weighted by Crippen LogP contribution is 2.34. The van der Waals surface area contributed by atoms with Crippen molar-refractivity contribution in [1.29, 1.82) is 0 Å². The van der Waals surface area contributed by atoms with Gasteiger partial charge < -0.3 is 10.2 Å². The van der Waals surface area contributed by atoms with Crippen LogP contribution in [0.25, 0.3) is 0 Å².